The molecule has 142 valence electrons. The van der Waals surface area contributed by atoms with Crippen molar-refractivity contribution in [3.8, 4) is 5.75 Å². The number of hydrogen-bond donors (Lipinski definition) is 0. The second-order valence-corrected chi connectivity index (χ2v) is 7.26. The van der Waals surface area contributed by atoms with Gasteiger partial charge in [-0.05, 0) is 37.0 Å². The number of rotatable bonds is 8. The van der Waals surface area contributed by atoms with E-state index in [1.165, 1.54) is 12.8 Å². The summed E-state index contributed by atoms with van der Waals surface area (Å²) in [5.41, 5.74) is 3.02. The van der Waals surface area contributed by atoms with Crippen molar-refractivity contribution in [2.24, 2.45) is 0 Å². The van der Waals surface area contributed by atoms with Crippen molar-refractivity contribution in [1.82, 2.24) is 0 Å². The monoisotopic (exact) mass is 384 g/mol. The lowest BCUT2D eigenvalue weighted by Crippen LogP contribution is -2.10. The van der Waals surface area contributed by atoms with E-state index in [-0.39, 0.29) is 5.63 Å². The molecule has 0 spiro atoms. The summed E-state index contributed by atoms with van der Waals surface area (Å²) in [5.74, 6) is 0.520. The van der Waals surface area contributed by atoms with Gasteiger partial charge in [0, 0.05) is 17.0 Å². The van der Waals surface area contributed by atoms with Gasteiger partial charge in [0.2, 0.25) is 0 Å². The Labute approximate surface area is 164 Å². The fourth-order valence-electron chi connectivity index (χ4n) is 3.25. The zero-order valence-electron chi connectivity index (χ0n) is 15.9. The molecule has 0 aliphatic heterocycles. The van der Waals surface area contributed by atoms with Gasteiger partial charge < -0.3 is 9.15 Å². The van der Waals surface area contributed by atoms with Crippen LogP contribution in [0.4, 0.5) is 0 Å². The lowest BCUT2D eigenvalue weighted by Gasteiger charge is -2.12. The Morgan fingerprint density at radius 2 is 1.85 bits per heavy atom. The van der Waals surface area contributed by atoms with E-state index in [1.807, 2.05) is 43.3 Å². The van der Waals surface area contributed by atoms with Crippen LogP contribution in [0.3, 0.4) is 0 Å². The van der Waals surface area contributed by atoms with Crippen LogP contribution in [0, 0.1) is 6.92 Å². The molecule has 2 aromatic carbocycles. The van der Waals surface area contributed by atoms with Gasteiger partial charge in [0.25, 0.3) is 0 Å². The summed E-state index contributed by atoms with van der Waals surface area (Å²) in [5, 5.41) is 1.39. The second-order valence-electron chi connectivity index (χ2n) is 6.86. The highest BCUT2D eigenvalue weighted by Crippen LogP contribution is 2.32. The first-order valence-electron chi connectivity index (χ1n) is 9.52. The first-order chi connectivity index (χ1) is 13.1. The second kappa shape index (κ2) is 9.09. The molecule has 0 N–H and O–H groups in total. The molecule has 1 heterocycles. The van der Waals surface area contributed by atoms with E-state index in [2.05, 4.69) is 6.92 Å². The summed E-state index contributed by atoms with van der Waals surface area (Å²) in [6.45, 7) is 4.55. The molecule has 0 aliphatic carbocycles. The van der Waals surface area contributed by atoms with Crippen LogP contribution in [0.25, 0.3) is 11.0 Å². The maximum atomic E-state index is 12.5. The van der Waals surface area contributed by atoms with Gasteiger partial charge in [0.1, 0.15) is 17.9 Å². The maximum absolute atomic E-state index is 12.5. The van der Waals surface area contributed by atoms with Crippen LogP contribution < -0.4 is 10.4 Å². The molecule has 3 aromatic rings. The molecule has 0 amide bonds. The summed E-state index contributed by atoms with van der Waals surface area (Å²) in [6, 6.07) is 13.4. The van der Waals surface area contributed by atoms with Crippen LogP contribution in [-0.4, -0.2) is 0 Å². The van der Waals surface area contributed by atoms with E-state index in [1.54, 1.807) is 6.07 Å². The Hall–Kier alpha value is -2.26. The molecule has 3 rings (SSSR count). The number of benzene rings is 2. The van der Waals surface area contributed by atoms with E-state index in [0.29, 0.717) is 23.0 Å². The van der Waals surface area contributed by atoms with E-state index in [0.717, 1.165) is 41.3 Å². The molecule has 0 saturated heterocycles. The molecule has 0 bridgehead atoms. The van der Waals surface area contributed by atoms with Crippen LogP contribution in [-0.2, 0) is 13.0 Å². The maximum Gasteiger partial charge on any atom is 0.339 e. The third kappa shape index (κ3) is 4.72. The smallest absolute Gasteiger partial charge is 0.339 e. The highest BCUT2D eigenvalue weighted by atomic mass is 35.5. The van der Waals surface area contributed by atoms with Crippen molar-refractivity contribution in [3.05, 3.63) is 74.6 Å². The van der Waals surface area contributed by atoms with Gasteiger partial charge in [-0.1, -0.05) is 68.1 Å². The molecule has 3 nitrogen and oxygen atoms in total. The van der Waals surface area contributed by atoms with E-state index < -0.39 is 0 Å². The van der Waals surface area contributed by atoms with Crippen LogP contribution in [0.5, 0.6) is 5.75 Å². The van der Waals surface area contributed by atoms with E-state index in [4.69, 9.17) is 20.8 Å². The Morgan fingerprint density at radius 1 is 1.07 bits per heavy atom. The highest BCUT2D eigenvalue weighted by Gasteiger charge is 2.14. The summed E-state index contributed by atoms with van der Waals surface area (Å²) < 4.78 is 11.4. The number of ether oxygens (including phenoxy) is 1. The zero-order valence-corrected chi connectivity index (χ0v) is 16.6. The van der Waals surface area contributed by atoms with Gasteiger partial charge in [-0.3, -0.25) is 0 Å². The molecule has 0 aliphatic rings. The minimum atomic E-state index is -0.257. The van der Waals surface area contributed by atoms with E-state index >= 15 is 0 Å². The third-order valence-electron chi connectivity index (χ3n) is 4.86. The Balaban J connectivity index is 1.85. The summed E-state index contributed by atoms with van der Waals surface area (Å²) >= 11 is 6.43. The van der Waals surface area contributed by atoms with Gasteiger partial charge >= 0.3 is 5.63 Å². The minimum absolute atomic E-state index is 0.257. The number of unbranched alkanes of at least 4 members (excludes halogenated alkanes) is 3. The fraction of sp³-hybridized carbons (Fsp3) is 0.348. The van der Waals surface area contributed by atoms with Crippen LogP contribution >= 0.6 is 11.6 Å². The number of aryl methyl sites for hydroxylation is 1. The van der Waals surface area contributed by atoms with Crippen molar-refractivity contribution < 1.29 is 9.15 Å². The van der Waals surface area contributed by atoms with Crippen molar-refractivity contribution in [2.75, 3.05) is 0 Å². The predicted octanol–water partition coefficient (Wildman–Crippen LogP) is 6.46. The molecule has 0 fully saturated rings. The summed E-state index contributed by atoms with van der Waals surface area (Å²) in [4.78, 5) is 12.5. The summed E-state index contributed by atoms with van der Waals surface area (Å²) in [6.07, 6.45) is 5.23. The summed E-state index contributed by atoms with van der Waals surface area (Å²) in [7, 11) is 0. The average Bonchev–Trinajstić information content (AvgIpc) is 2.67. The van der Waals surface area contributed by atoms with Crippen LogP contribution in [0.1, 0.15) is 49.3 Å². The zero-order chi connectivity index (χ0) is 19.2. The molecular formula is C23H25ClO3. The molecule has 0 saturated carbocycles. The Morgan fingerprint density at radius 3 is 2.59 bits per heavy atom. The standard InChI is InChI=1S/C23H25ClO3/c1-3-4-5-9-12-18-16(2)19-13-20(24)22(14-21(19)27-23(18)25)26-15-17-10-7-6-8-11-17/h6-8,10-11,13-14H,3-5,9,12,15H2,1-2H3. The van der Waals surface area contributed by atoms with Crippen LogP contribution in [0.15, 0.2) is 51.7 Å². The molecular weight excluding hydrogens is 360 g/mol. The largest absolute Gasteiger partial charge is 0.487 e. The van der Waals surface area contributed by atoms with Gasteiger partial charge in [0.15, 0.2) is 0 Å². The first-order valence-corrected chi connectivity index (χ1v) is 9.90. The fourth-order valence-corrected chi connectivity index (χ4v) is 3.47. The van der Waals surface area contributed by atoms with Crippen molar-refractivity contribution in [3.63, 3.8) is 0 Å². The first kappa shape index (κ1) is 19.5. The number of halogens is 1. The average molecular weight is 385 g/mol. The van der Waals surface area contributed by atoms with Gasteiger partial charge in [0.05, 0.1) is 5.02 Å². The Bertz CT molecular complexity index is 961. The normalized spacial score (nSPS) is 11.1. The molecule has 27 heavy (non-hydrogen) atoms. The topological polar surface area (TPSA) is 39.4 Å². The van der Waals surface area contributed by atoms with Crippen molar-refractivity contribution in [1.29, 1.82) is 0 Å². The predicted molar refractivity (Wildman–Crippen MR) is 111 cm³/mol. The van der Waals surface area contributed by atoms with Gasteiger partial charge in [-0.2, -0.15) is 0 Å². The minimum Gasteiger partial charge on any atom is -0.487 e. The lowest BCUT2D eigenvalue weighted by molar-refractivity contribution is 0.306. The molecule has 4 heteroatoms. The van der Waals surface area contributed by atoms with Gasteiger partial charge in [-0.25, -0.2) is 4.79 Å². The van der Waals surface area contributed by atoms with Crippen molar-refractivity contribution >= 4 is 22.6 Å². The highest BCUT2D eigenvalue weighted by molar-refractivity contribution is 6.32. The third-order valence-corrected chi connectivity index (χ3v) is 5.15. The number of hydrogen-bond acceptors (Lipinski definition) is 3. The quantitative estimate of drug-likeness (QED) is 0.330. The number of fused-ring (bicyclic) bond motifs is 1. The molecule has 0 unspecified atom stereocenters. The Kier molecular flexibility index (Phi) is 6.57. The van der Waals surface area contributed by atoms with E-state index in [9.17, 15) is 4.79 Å². The molecule has 0 radical (unpaired) electrons. The lowest BCUT2D eigenvalue weighted by atomic mass is 10.0. The van der Waals surface area contributed by atoms with Gasteiger partial charge in [-0.15, -0.1) is 0 Å². The SMILES string of the molecule is CCCCCCc1c(C)c2cc(Cl)c(OCc3ccccc3)cc2oc1=O. The molecule has 1 aromatic heterocycles. The van der Waals surface area contributed by atoms with Crippen LogP contribution in [0.2, 0.25) is 5.02 Å². The van der Waals surface area contributed by atoms with Crippen molar-refractivity contribution in [2.45, 2.75) is 52.6 Å². The molecule has 0 atom stereocenters.